The second-order valence-corrected chi connectivity index (χ2v) is 17.8. The number of esters is 1. The molecule has 220 valence electrons. The van der Waals surface area contributed by atoms with Gasteiger partial charge < -0.3 is 14.2 Å². The molecule has 0 N–H and O–H groups in total. The fourth-order valence-corrected chi connectivity index (χ4v) is 11.4. The Balaban J connectivity index is 1.93. The molecular weight excluding hydrogens is 544 g/mol. The van der Waals surface area contributed by atoms with E-state index in [2.05, 4.69) is 0 Å². The monoisotopic (exact) mass is 586 g/mol. The molecule has 2 saturated carbocycles. The summed E-state index contributed by atoms with van der Waals surface area (Å²) in [5.41, 5.74) is -1.00. The van der Waals surface area contributed by atoms with Crippen LogP contribution in [0.15, 0.2) is 24.3 Å². The maximum atomic E-state index is 14.4. The largest absolute Gasteiger partial charge is 0.514 e. The molecular formula is C28H42O9S2. The number of carbonyl (C=O) groups is 2. The summed E-state index contributed by atoms with van der Waals surface area (Å²) in [6.45, 7) is 13.7. The first-order chi connectivity index (χ1) is 17.6. The summed E-state index contributed by atoms with van der Waals surface area (Å²) in [5, 5.41) is -2.33. The minimum Gasteiger partial charge on any atom is -0.460 e. The maximum absolute atomic E-state index is 14.4. The number of ether oxygens (including phenoxy) is 3. The molecule has 2 bridgehead atoms. The van der Waals surface area contributed by atoms with Gasteiger partial charge in [0.25, 0.3) is 0 Å². The summed E-state index contributed by atoms with van der Waals surface area (Å²) >= 11 is 0. The van der Waals surface area contributed by atoms with Gasteiger partial charge in [0.2, 0.25) is 0 Å². The van der Waals surface area contributed by atoms with Gasteiger partial charge in [0, 0.05) is 6.26 Å². The van der Waals surface area contributed by atoms with Crippen LogP contribution < -0.4 is 4.74 Å². The SMILES string of the molecule is CCC(C)(c1ccc(OC(=O)OC(C)(C)C)cc1)S(=O)(=O)C1C2CC(C(=O)OC(C)(C)C)C(C2)C1S(C)(=O)=O. The molecule has 3 rings (SSSR count). The third kappa shape index (κ3) is 6.45. The average molecular weight is 587 g/mol. The predicted octanol–water partition coefficient (Wildman–Crippen LogP) is 4.82. The summed E-state index contributed by atoms with van der Waals surface area (Å²) in [4.78, 5) is 25.0. The smallest absolute Gasteiger partial charge is 0.460 e. The fourth-order valence-electron chi connectivity index (χ4n) is 6.01. The molecule has 2 aliphatic rings. The van der Waals surface area contributed by atoms with Crippen molar-refractivity contribution in [3.05, 3.63) is 29.8 Å². The molecule has 6 unspecified atom stereocenters. The summed E-state index contributed by atoms with van der Waals surface area (Å²) < 4.78 is 69.4. The van der Waals surface area contributed by atoms with E-state index in [0.717, 1.165) is 6.26 Å². The van der Waals surface area contributed by atoms with Crippen LogP contribution in [0.2, 0.25) is 0 Å². The lowest BCUT2D eigenvalue weighted by atomic mass is 9.88. The van der Waals surface area contributed by atoms with E-state index < -0.39 is 76.0 Å². The van der Waals surface area contributed by atoms with Gasteiger partial charge in [-0.3, -0.25) is 4.79 Å². The van der Waals surface area contributed by atoms with Gasteiger partial charge in [0.15, 0.2) is 19.7 Å². The lowest BCUT2D eigenvalue weighted by molar-refractivity contribution is -0.161. The van der Waals surface area contributed by atoms with E-state index >= 15 is 0 Å². The first-order valence-electron chi connectivity index (χ1n) is 13.3. The van der Waals surface area contributed by atoms with Crippen LogP contribution in [0, 0.1) is 17.8 Å². The molecule has 0 radical (unpaired) electrons. The maximum Gasteiger partial charge on any atom is 0.514 e. The van der Waals surface area contributed by atoms with Crippen LogP contribution in [0.1, 0.15) is 80.2 Å². The number of rotatable bonds is 7. The minimum atomic E-state index is -4.07. The number of benzene rings is 1. The van der Waals surface area contributed by atoms with Gasteiger partial charge in [0.1, 0.15) is 17.0 Å². The zero-order chi connectivity index (χ0) is 29.8. The van der Waals surface area contributed by atoms with Gasteiger partial charge >= 0.3 is 12.1 Å². The van der Waals surface area contributed by atoms with Gasteiger partial charge in [-0.25, -0.2) is 21.6 Å². The van der Waals surface area contributed by atoms with Crippen molar-refractivity contribution in [2.75, 3.05) is 6.26 Å². The number of hydrogen-bond acceptors (Lipinski definition) is 9. The van der Waals surface area contributed by atoms with Crippen molar-refractivity contribution in [1.29, 1.82) is 0 Å². The molecule has 0 aliphatic heterocycles. The van der Waals surface area contributed by atoms with E-state index in [1.54, 1.807) is 67.5 Å². The summed E-state index contributed by atoms with van der Waals surface area (Å²) in [5.74, 6) is -2.03. The normalized spacial score (nSPS) is 27.1. The van der Waals surface area contributed by atoms with Crippen molar-refractivity contribution < 1.29 is 40.6 Å². The Morgan fingerprint density at radius 3 is 1.85 bits per heavy atom. The third-order valence-corrected chi connectivity index (χ3v) is 12.8. The Morgan fingerprint density at radius 1 is 0.846 bits per heavy atom. The van der Waals surface area contributed by atoms with E-state index in [0.29, 0.717) is 12.0 Å². The molecule has 0 amide bonds. The summed E-state index contributed by atoms with van der Waals surface area (Å²) in [7, 11) is -7.89. The highest BCUT2D eigenvalue weighted by Crippen LogP contribution is 2.56. The molecule has 1 aromatic carbocycles. The van der Waals surface area contributed by atoms with Crippen molar-refractivity contribution in [3.8, 4) is 5.75 Å². The van der Waals surface area contributed by atoms with Crippen LogP contribution >= 0.6 is 0 Å². The van der Waals surface area contributed by atoms with Crippen molar-refractivity contribution in [1.82, 2.24) is 0 Å². The standard InChI is InChI=1S/C28H42O9S2/c1-10-28(8,18-11-13-19(14-12-18)35-25(30)37-27(5,6)7)39(33,34)22-17-15-20(23(22)38(9,31)32)21(16-17)24(29)36-26(2,3)4/h11-14,17,20-23H,10,15-16H2,1-9H3. The number of hydrogen-bond donors (Lipinski definition) is 0. The zero-order valence-corrected chi connectivity index (χ0v) is 25.9. The predicted molar refractivity (Wildman–Crippen MR) is 148 cm³/mol. The first-order valence-corrected chi connectivity index (χ1v) is 16.8. The van der Waals surface area contributed by atoms with Crippen molar-refractivity contribution >= 4 is 31.8 Å². The quantitative estimate of drug-likeness (QED) is 0.326. The first kappa shape index (κ1) is 31.4. The Bertz CT molecular complexity index is 1300. The number of fused-ring (bicyclic) bond motifs is 2. The van der Waals surface area contributed by atoms with Crippen LogP contribution in [0.5, 0.6) is 5.75 Å². The topological polar surface area (TPSA) is 130 Å². The van der Waals surface area contributed by atoms with E-state index in [-0.39, 0.29) is 18.6 Å². The summed E-state index contributed by atoms with van der Waals surface area (Å²) in [6, 6.07) is 6.14. The van der Waals surface area contributed by atoms with Crippen LogP contribution in [-0.2, 0) is 38.7 Å². The molecule has 2 aliphatic carbocycles. The second kappa shape index (κ2) is 10.4. The molecule has 39 heavy (non-hydrogen) atoms. The van der Waals surface area contributed by atoms with Gasteiger partial charge in [-0.15, -0.1) is 0 Å². The molecule has 11 heteroatoms. The van der Waals surface area contributed by atoms with Crippen molar-refractivity contribution in [2.24, 2.45) is 17.8 Å². The molecule has 0 heterocycles. The van der Waals surface area contributed by atoms with E-state index in [1.165, 1.54) is 12.1 Å². The zero-order valence-electron chi connectivity index (χ0n) is 24.3. The highest BCUT2D eigenvalue weighted by Gasteiger charge is 2.65. The highest BCUT2D eigenvalue weighted by molar-refractivity contribution is 7.96. The summed E-state index contributed by atoms with van der Waals surface area (Å²) in [6.07, 6.45) is 0.991. The lowest BCUT2D eigenvalue weighted by Gasteiger charge is -2.39. The van der Waals surface area contributed by atoms with Crippen LogP contribution in [0.25, 0.3) is 0 Å². The van der Waals surface area contributed by atoms with Crippen molar-refractivity contribution in [3.63, 3.8) is 0 Å². The molecule has 0 aromatic heterocycles. The second-order valence-electron chi connectivity index (χ2n) is 13.0. The van der Waals surface area contributed by atoms with E-state index in [1.807, 2.05) is 0 Å². The van der Waals surface area contributed by atoms with Crippen LogP contribution in [-0.4, -0.2) is 56.9 Å². The molecule has 0 saturated heterocycles. The number of carbonyl (C=O) groups excluding carboxylic acids is 2. The Morgan fingerprint density at radius 2 is 1.38 bits per heavy atom. The third-order valence-electron chi connectivity index (χ3n) is 7.78. The Labute approximate surface area is 232 Å². The Kier molecular flexibility index (Phi) is 8.34. The van der Waals surface area contributed by atoms with Crippen molar-refractivity contribution in [2.45, 2.75) is 101 Å². The van der Waals surface area contributed by atoms with Gasteiger partial charge in [-0.2, -0.15) is 0 Å². The fraction of sp³-hybridized carbons (Fsp3) is 0.714. The van der Waals surface area contributed by atoms with Crippen LogP contribution in [0.4, 0.5) is 4.79 Å². The van der Waals surface area contributed by atoms with Gasteiger partial charge in [-0.1, -0.05) is 19.1 Å². The average Bonchev–Trinajstić information content (AvgIpc) is 3.35. The Hall–Kier alpha value is -2.14. The van der Waals surface area contributed by atoms with Gasteiger partial charge in [-0.05, 0) is 97.3 Å². The molecule has 6 atom stereocenters. The molecule has 2 fully saturated rings. The molecule has 9 nitrogen and oxygen atoms in total. The highest BCUT2D eigenvalue weighted by atomic mass is 32.2. The lowest BCUT2D eigenvalue weighted by Crippen LogP contribution is -2.53. The van der Waals surface area contributed by atoms with E-state index in [4.69, 9.17) is 14.2 Å². The van der Waals surface area contributed by atoms with Crippen LogP contribution in [0.3, 0.4) is 0 Å². The molecule has 1 aromatic rings. The minimum absolute atomic E-state index is 0.193. The van der Waals surface area contributed by atoms with Gasteiger partial charge in [0.05, 0.1) is 21.2 Å². The molecule has 0 spiro atoms. The number of sulfone groups is 2. The van der Waals surface area contributed by atoms with E-state index in [9.17, 15) is 26.4 Å².